The van der Waals surface area contributed by atoms with Crippen LogP contribution in [0.2, 0.25) is 5.02 Å². The molecule has 1 aromatic rings. The number of rotatable bonds is 2. The van der Waals surface area contributed by atoms with E-state index in [0.717, 1.165) is 30.3 Å². The van der Waals surface area contributed by atoms with Gasteiger partial charge in [0.15, 0.2) is 0 Å². The molecule has 1 aliphatic rings. The maximum absolute atomic E-state index is 5.80. The SMILES string of the molecule is CN1CC[C@@H](Oc2ccc(Cl)cc2)C1. The number of nitrogens with zero attached hydrogens (tertiary/aromatic N) is 1. The lowest BCUT2D eigenvalue weighted by Gasteiger charge is -2.13. The lowest BCUT2D eigenvalue weighted by atomic mass is 10.3. The molecule has 2 rings (SSSR count). The second-order valence-electron chi connectivity index (χ2n) is 3.74. The van der Waals surface area contributed by atoms with Crippen molar-refractivity contribution in [2.45, 2.75) is 12.5 Å². The van der Waals surface area contributed by atoms with Crippen LogP contribution in [0.5, 0.6) is 5.75 Å². The summed E-state index contributed by atoms with van der Waals surface area (Å²) in [5.74, 6) is 0.912. The van der Waals surface area contributed by atoms with Gasteiger partial charge in [0.2, 0.25) is 0 Å². The first-order valence-electron chi connectivity index (χ1n) is 4.85. The van der Waals surface area contributed by atoms with Gasteiger partial charge in [-0.3, -0.25) is 0 Å². The van der Waals surface area contributed by atoms with Crippen molar-refractivity contribution in [1.82, 2.24) is 4.90 Å². The summed E-state index contributed by atoms with van der Waals surface area (Å²) in [7, 11) is 2.12. The fourth-order valence-electron chi connectivity index (χ4n) is 1.70. The molecular weight excluding hydrogens is 198 g/mol. The molecule has 0 radical (unpaired) electrons. The Morgan fingerprint density at radius 2 is 2.07 bits per heavy atom. The van der Waals surface area contributed by atoms with Gasteiger partial charge in [0.25, 0.3) is 0 Å². The van der Waals surface area contributed by atoms with Crippen LogP contribution >= 0.6 is 11.6 Å². The number of hydrogen-bond acceptors (Lipinski definition) is 2. The monoisotopic (exact) mass is 211 g/mol. The maximum atomic E-state index is 5.80. The van der Waals surface area contributed by atoms with E-state index in [1.54, 1.807) is 0 Å². The predicted octanol–water partition coefficient (Wildman–Crippen LogP) is 2.42. The van der Waals surface area contributed by atoms with E-state index in [9.17, 15) is 0 Å². The molecule has 0 N–H and O–H groups in total. The highest BCUT2D eigenvalue weighted by molar-refractivity contribution is 6.30. The zero-order chi connectivity index (χ0) is 9.97. The summed E-state index contributed by atoms with van der Waals surface area (Å²) in [4.78, 5) is 2.28. The molecule has 0 amide bonds. The van der Waals surface area contributed by atoms with Crippen molar-refractivity contribution in [3.8, 4) is 5.75 Å². The molecule has 3 heteroatoms. The van der Waals surface area contributed by atoms with E-state index < -0.39 is 0 Å². The van der Waals surface area contributed by atoms with Crippen molar-refractivity contribution >= 4 is 11.6 Å². The van der Waals surface area contributed by atoms with E-state index >= 15 is 0 Å². The van der Waals surface area contributed by atoms with Gasteiger partial charge in [0.05, 0.1) is 0 Å². The van der Waals surface area contributed by atoms with Gasteiger partial charge >= 0.3 is 0 Å². The summed E-state index contributed by atoms with van der Waals surface area (Å²) in [5, 5.41) is 0.751. The second-order valence-corrected chi connectivity index (χ2v) is 4.18. The first kappa shape index (κ1) is 9.81. The van der Waals surface area contributed by atoms with Crippen molar-refractivity contribution < 1.29 is 4.74 Å². The number of hydrogen-bond donors (Lipinski definition) is 0. The summed E-state index contributed by atoms with van der Waals surface area (Å²) in [5.41, 5.74) is 0. The molecule has 0 spiro atoms. The van der Waals surface area contributed by atoms with Crippen LogP contribution in [0, 0.1) is 0 Å². The van der Waals surface area contributed by atoms with Crippen molar-refractivity contribution in [2.75, 3.05) is 20.1 Å². The third-order valence-electron chi connectivity index (χ3n) is 2.46. The van der Waals surface area contributed by atoms with E-state index in [0.29, 0.717) is 6.10 Å². The average Bonchev–Trinajstić information content (AvgIpc) is 2.56. The van der Waals surface area contributed by atoms with Crippen LogP contribution in [0.4, 0.5) is 0 Å². The molecule has 0 aliphatic carbocycles. The smallest absolute Gasteiger partial charge is 0.119 e. The second kappa shape index (κ2) is 4.20. The zero-order valence-corrected chi connectivity index (χ0v) is 9.00. The normalized spacial score (nSPS) is 22.6. The zero-order valence-electron chi connectivity index (χ0n) is 8.24. The van der Waals surface area contributed by atoms with Gasteiger partial charge in [-0.05, 0) is 37.7 Å². The van der Waals surface area contributed by atoms with Gasteiger partial charge in [-0.2, -0.15) is 0 Å². The molecule has 0 bridgehead atoms. The fourth-order valence-corrected chi connectivity index (χ4v) is 1.82. The molecule has 2 nitrogen and oxygen atoms in total. The van der Waals surface area contributed by atoms with Crippen molar-refractivity contribution in [1.29, 1.82) is 0 Å². The largest absolute Gasteiger partial charge is 0.489 e. The molecule has 1 fully saturated rings. The molecular formula is C11H14ClNO. The van der Waals surface area contributed by atoms with Crippen LogP contribution in [0.25, 0.3) is 0 Å². The van der Waals surface area contributed by atoms with Crippen LogP contribution in [0.3, 0.4) is 0 Å². The predicted molar refractivity (Wildman–Crippen MR) is 58.0 cm³/mol. The number of benzene rings is 1. The van der Waals surface area contributed by atoms with Gasteiger partial charge in [0, 0.05) is 18.1 Å². The van der Waals surface area contributed by atoms with Gasteiger partial charge in [-0.25, -0.2) is 0 Å². The molecule has 0 unspecified atom stereocenters. The average molecular weight is 212 g/mol. The minimum Gasteiger partial charge on any atom is -0.489 e. The highest BCUT2D eigenvalue weighted by Gasteiger charge is 2.20. The van der Waals surface area contributed by atoms with Crippen LogP contribution in [0.15, 0.2) is 24.3 Å². The van der Waals surface area contributed by atoms with Crippen molar-refractivity contribution in [3.05, 3.63) is 29.3 Å². The van der Waals surface area contributed by atoms with Crippen LogP contribution in [-0.2, 0) is 0 Å². The van der Waals surface area contributed by atoms with Crippen LogP contribution in [0.1, 0.15) is 6.42 Å². The molecule has 1 heterocycles. The van der Waals surface area contributed by atoms with E-state index in [2.05, 4.69) is 11.9 Å². The van der Waals surface area contributed by atoms with Crippen molar-refractivity contribution in [2.24, 2.45) is 0 Å². The minimum absolute atomic E-state index is 0.334. The fraction of sp³-hybridized carbons (Fsp3) is 0.455. The highest BCUT2D eigenvalue weighted by atomic mass is 35.5. The van der Waals surface area contributed by atoms with Gasteiger partial charge in [-0.1, -0.05) is 11.6 Å². The van der Waals surface area contributed by atoms with E-state index in [-0.39, 0.29) is 0 Å². The molecule has 0 saturated carbocycles. The lowest BCUT2D eigenvalue weighted by molar-refractivity contribution is 0.208. The molecule has 1 atom stereocenters. The Morgan fingerprint density at radius 1 is 1.36 bits per heavy atom. The first-order chi connectivity index (χ1) is 6.74. The summed E-state index contributed by atoms with van der Waals surface area (Å²) < 4.78 is 5.80. The van der Waals surface area contributed by atoms with E-state index in [1.807, 2.05) is 24.3 Å². The Kier molecular flexibility index (Phi) is 2.94. The van der Waals surface area contributed by atoms with Gasteiger partial charge < -0.3 is 9.64 Å². The molecule has 14 heavy (non-hydrogen) atoms. The number of likely N-dealkylation sites (N-methyl/N-ethyl adjacent to an activating group) is 1. The Bertz CT molecular complexity index is 299. The van der Waals surface area contributed by atoms with E-state index in [1.165, 1.54) is 0 Å². The Balaban J connectivity index is 1.94. The molecule has 1 saturated heterocycles. The third kappa shape index (κ3) is 2.40. The van der Waals surface area contributed by atoms with Gasteiger partial charge in [-0.15, -0.1) is 0 Å². The number of ether oxygens (including phenoxy) is 1. The minimum atomic E-state index is 0.334. The topological polar surface area (TPSA) is 12.5 Å². The Hall–Kier alpha value is -0.730. The summed E-state index contributed by atoms with van der Waals surface area (Å²) in [6, 6.07) is 7.55. The summed E-state index contributed by atoms with van der Waals surface area (Å²) >= 11 is 5.79. The lowest BCUT2D eigenvalue weighted by Crippen LogP contribution is -2.21. The third-order valence-corrected chi connectivity index (χ3v) is 2.72. The van der Waals surface area contributed by atoms with Crippen LogP contribution < -0.4 is 4.74 Å². The number of halogens is 1. The maximum Gasteiger partial charge on any atom is 0.119 e. The standard InChI is InChI=1S/C11H14ClNO/c1-13-7-6-11(8-13)14-10-4-2-9(12)3-5-10/h2-5,11H,6-8H2,1H3/t11-/m1/s1. The first-order valence-corrected chi connectivity index (χ1v) is 5.22. The molecule has 0 aromatic heterocycles. The summed E-state index contributed by atoms with van der Waals surface area (Å²) in [6.07, 6.45) is 1.44. The summed E-state index contributed by atoms with van der Waals surface area (Å²) in [6.45, 7) is 2.14. The van der Waals surface area contributed by atoms with Crippen molar-refractivity contribution in [3.63, 3.8) is 0 Å². The molecule has 1 aromatic carbocycles. The Morgan fingerprint density at radius 3 is 2.64 bits per heavy atom. The van der Waals surface area contributed by atoms with E-state index in [4.69, 9.17) is 16.3 Å². The van der Waals surface area contributed by atoms with Crippen LogP contribution in [-0.4, -0.2) is 31.1 Å². The highest BCUT2D eigenvalue weighted by Crippen LogP contribution is 2.19. The molecule has 76 valence electrons. The number of likely N-dealkylation sites (tertiary alicyclic amines) is 1. The quantitative estimate of drug-likeness (QED) is 0.745. The Labute approximate surface area is 89.4 Å². The van der Waals surface area contributed by atoms with Gasteiger partial charge in [0.1, 0.15) is 11.9 Å². The molecule has 1 aliphatic heterocycles.